The highest BCUT2D eigenvalue weighted by molar-refractivity contribution is 6.32. The van der Waals surface area contributed by atoms with Crippen LogP contribution >= 0.6 is 11.6 Å². The minimum Gasteiger partial charge on any atom is -0.493 e. The van der Waals surface area contributed by atoms with Crippen molar-refractivity contribution in [2.24, 2.45) is 11.8 Å². The normalized spacial score (nSPS) is 31.1. The molecule has 4 aliphatic carbocycles. The number of aliphatic hydroxyl groups is 1. The maximum Gasteiger partial charge on any atom is 0.180 e. The molecule has 4 fully saturated rings. The highest BCUT2D eigenvalue weighted by Gasteiger charge is 2.56. The molecule has 2 aromatic rings. The van der Waals surface area contributed by atoms with Crippen LogP contribution < -0.4 is 14.8 Å². The molecule has 0 saturated heterocycles. The minimum absolute atomic E-state index is 0.0547. The summed E-state index contributed by atoms with van der Waals surface area (Å²) < 4.78 is 11.6. The molecule has 6 rings (SSSR count). The Bertz CT molecular complexity index is 944. The van der Waals surface area contributed by atoms with Crippen LogP contribution in [0.1, 0.15) is 55.2 Å². The lowest BCUT2D eigenvalue weighted by atomic mass is 9.51. The van der Waals surface area contributed by atoms with Gasteiger partial charge in [-0.1, -0.05) is 41.4 Å². The highest BCUT2D eigenvalue weighted by atomic mass is 35.5. The summed E-state index contributed by atoms with van der Waals surface area (Å²) in [6.07, 6.45) is 6.48. The van der Waals surface area contributed by atoms with Gasteiger partial charge in [0.15, 0.2) is 11.5 Å². The molecule has 0 heterocycles. The summed E-state index contributed by atoms with van der Waals surface area (Å²) in [5.74, 6) is 2.56. The zero-order valence-electron chi connectivity index (χ0n) is 18.4. The summed E-state index contributed by atoms with van der Waals surface area (Å²) in [6.45, 7) is 3.23. The highest BCUT2D eigenvalue weighted by Crippen LogP contribution is 2.57. The number of hydrogen-bond donors (Lipinski definition) is 2. The molecule has 0 spiro atoms. The van der Waals surface area contributed by atoms with E-state index >= 15 is 0 Å². The van der Waals surface area contributed by atoms with Gasteiger partial charge in [-0.25, -0.2) is 0 Å². The van der Waals surface area contributed by atoms with Crippen LogP contribution in [0.25, 0.3) is 0 Å². The SMILES string of the molecule is COc1cc(CNC23CC4CC(CC(O)(C4)C2)C3)cc(Cl)c1OCc1ccc(C)cc1. The van der Waals surface area contributed by atoms with Crippen molar-refractivity contribution in [1.82, 2.24) is 5.32 Å². The van der Waals surface area contributed by atoms with Crippen LogP contribution in [-0.2, 0) is 13.2 Å². The molecule has 0 amide bonds. The summed E-state index contributed by atoms with van der Waals surface area (Å²) >= 11 is 6.61. The Balaban J connectivity index is 1.28. The van der Waals surface area contributed by atoms with Crippen LogP contribution in [-0.4, -0.2) is 23.4 Å². The molecule has 0 aromatic heterocycles. The average Bonchev–Trinajstić information content (AvgIpc) is 2.70. The first-order valence-corrected chi connectivity index (χ1v) is 11.8. The fourth-order valence-electron chi connectivity index (χ4n) is 6.57. The van der Waals surface area contributed by atoms with Gasteiger partial charge in [0, 0.05) is 12.1 Å². The Morgan fingerprint density at radius 2 is 1.77 bits per heavy atom. The van der Waals surface area contributed by atoms with E-state index in [9.17, 15) is 5.11 Å². The van der Waals surface area contributed by atoms with Crippen LogP contribution in [0.2, 0.25) is 5.02 Å². The molecule has 4 nitrogen and oxygen atoms in total. The van der Waals surface area contributed by atoms with Gasteiger partial charge in [-0.15, -0.1) is 0 Å². The van der Waals surface area contributed by atoms with Gasteiger partial charge in [0.1, 0.15) is 6.61 Å². The maximum absolute atomic E-state index is 11.0. The molecule has 0 radical (unpaired) electrons. The first-order valence-electron chi connectivity index (χ1n) is 11.4. The Hall–Kier alpha value is -1.75. The van der Waals surface area contributed by atoms with Gasteiger partial charge in [0.25, 0.3) is 0 Å². The number of rotatable bonds is 7. The summed E-state index contributed by atoms with van der Waals surface area (Å²) in [6, 6.07) is 12.3. The number of halogens is 1. The number of hydrogen-bond acceptors (Lipinski definition) is 4. The predicted octanol–water partition coefficient (Wildman–Crippen LogP) is 5.41. The molecule has 2 N–H and O–H groups in total. The fourth-order valence-corrected chi connectivity index (χ4v) is 6.85. The second-order valence-electron chi connectivity index (χ2n) is 10.2. The van der Waals surface area contributed by atoms with Crippen LogP contribution in [0.4, 0.5) is 0 Å². The number of methoxy groups -OCH3 is 1. The molecule has 31 heavy (non-hydrogen) atoms. The molecular weight excluding hydrogens is 410 g/mol. The summed E-state index contributed by atoms with van der Waals surface area (Å²) in [4.78, 5) is 0. The number of aryl methyl sites for hydroxylation is 1. The molecule has 4 aliphatic rings. The maximum atomic E-state index is 11.0. The molecule has 0 aliphatic heterocycles. The molecule has 4 saturated carbocycles. The van der Waals surface area contributed by atoms with E-state index in [-0.39, 0.29) is 5.54 Å². The second kappa shape index (κ2) is 7.99. The van der Waals surface area contributed by atoms with E-state index in [2.05, 4.69) is 36.5 Å². The Morgan fingerprint density at radius 3 is 2.42 bits per heavy atom. The van der Waals surface area contributed by atoms with Gasteiger partial charge in [-0.2, -0.15) is 0 Å². The van der Waals surface area contributed by atoms with Crippen LogP contribution in [0, 0.1) is 18.8 Å². The van der Waals surface area contributed by atoms with E-state index in [4.69, 9.17) is 21.1 Å². The van der Waals surface area contributed by atoms with Gasteiger partial charge >= 0.3 is 0 Å². The number of nitrogens with one attached hydrogen (secondary N) is 1. The summed E-state index contributed by atoms with van der Waals surface area (Å²) in [7, 11) is 1.65. The predicted molar refractivity (Wildman–Crippen MR) is 123 cm³/mol. The first-order chi connectivity index (χ1) is 14.9. The lowest BCUT2D eigenvalue weighted by molar-refractivity contribution is -0.142. The topological polar surface area (TPSA) is 50.7 Å². The van der Waals surface area contributed by atoms with E-state index in [0.717, 1.165) is 30.4 Å². The monoisotopic (exact) mass is 441 g/mol. The summed E-state index contributed by atoms with van der Waals surface area (Å²) in [5.41, 5.74) is 2.99. The number of benzene rings is 2. The van der Waals surface area contributed by atoms with Gasteiger partial charge in [0.2, 0.25) is 0 Å². The van der Waals surface area contributed by atoms with Crippen LogP contribution in [0.5, 0.6) is 11.5 Å². The zero-order valence-corrected chi connectivity index (χ0v) is 19.2. The molecule has 2 aromatic carbocycles. The third-order valence-electron chi connectivity index (χ3n) is 7.49. The van der Waals surface area contributed by atoms with Gasteiger partial charge in [0.05, 0.1) is 17.7 Å². The molecule has 5 heteroatoms. The molecule has 166 valence electrons. The summed E-state index contributed by atoms with van der Waals surface area (Å²) in [5, 5.41) is 15.4. The average molecular weight is 442 g/mol. The Kier molecular flexibility index (Phi) is 5.44. The van der Waals surface area contributed by atoms with Crippen molar-refractivity contribution >= 4 is 11.6 Å². The van der Waals surface area contributed by atoms with Crippen molar-refractivity contribution < 1.29 is 14.6 Å². The molecule has 4 bridgehead atoms. The van der Waals surface area contributed by atoms with Crippen LogP contribution in [0.3, 0.4) is 0 Å². The second-order valence-corrected chi connectivity index (χ2v) is 10.6. The molecular formula is C26H32ClNO3. The van der Waals surface area contributed by atoms with Gasteiger partial charge in [-0.05, 0) is 80.5 Å². The minimum atomic E-state index is -0.458. The third kappa shape index (κ3) is 4.30. The molecule has 2 atom stereocenters. The van der Waals surface area contributed by atoms with Gasteiger partial charge in [-0.3, -0.25) is 0 Å². The van der Waals surface area contributed by atoms with Crippen molar-refractivity contribution in [3.8, 4) is 11.5 Å². The van der Waals surface area contributed by atoms with E-state index < -0.39 is 5.60 Å². The van der Waals surface area contributed by atoms with E-state index in [0.29, 0.717) is 41.5 Å². The fraction of sp³-hybridized carbons (Fsp3) is 0.538. The van der Waals surface area contributed by atoms with Crippen molar-refractivity contribution in [1.29, 1.82) is 0 Å². The quantitative estimate of drug-likeness (QED) is 0.603. The van der Waals surface area contributed by atoms with E-state index in [1.807, 2.05) is 12.1 Å². The smallest absolute Gasteiger partial charge is 0.180 e. The van der Waals surface area contributed by atoms with Crippen LogP contribution in [0.15, 0.2) is 36.4 Å². The van der Waals surface area contributed by atoms with E-state index in [1.165, 1.54) is 24.8 Å². The molecule has 2 unspecified atom stereocenters. The number of ether oxygens (including phenoxy) is 2. The lowest BCUT2D eigenvalue weighted by Crippen LogP contribution is -2.64. The largest absolute Gasteiger partial charge is 0.493 e. The Labute approximate surface area is 189 Å². The first kappa shape index (κ1) is 21.1. The van der Waals surface area contributed by atoms with Crippen molar-refractivity contribution in [2.45, 2.75) is 69.7 Å². The standard InChI is InChI=1S/C26H32ClNO3/c1-17-3-5-18(6-4-17)15-31-24-22(27)8-19(9-23(24)30-2)14-28-25-10-20-7-21(11-25)13-26(29,12-20)16-25/h3-6,8-9,20-21,28-29H,7,10-16H2,1-2H3. The van der Waals surface area contributed by atoms with Crippen molar-refractivity contribution in [2.75, 3.05) is 7.11 Å². The van der Waals surface area contributed by atoms with Gasteiger partial charge < -0.3 is 19.9 Å². The lowest BCUT2D eigenvalue weighted by Gasteiger charge is -2.60. The Morgan fingerprint density at radius 1 is 1.06 bits per heavy atom. The zero-order chi connectivity index (χ0) is 21.6. The van der Waals surface area contributed by atoms with Crippen molar-refractivity contribution in [3.63, 3.8) is 0 Å². The van der Waals surface area contributed by atoms with E-state index in [1.54, 1.807) is 7.11 Å². The van der Waals surface area contributed by atoms with Crippen molar-refractivity contribution in [3.05, 3.63) is 58.1 Å². The third-order valence-corrected chi connectivity index (χ3v) is 7.77.